The minimum Gasteiger partial charge on any atom is -0.348 e. The summed E-state index contributed by atoms with van der Waals surface area (Å²) in [5.74, 6) is 0. The number of hydrogen-bond donors (Lipinski definition) is 1. The number of aryl methyl sites for hydroxylation is 1. The van der Waals surface area contributed by atoms with Crippen LogP contribution >= 0.6 is 11.3 Å². The maximum Gasteiger partial charge on any atom is 0.123 e. The number of fused-ring (bicyclic) bond motifs is 2. The van der Waals surface area contributed by atoms with E-state index in [1.54, 1.807) is 0 Å². The minimum atomic E-state index is 0.0624. The third-order valence-corrected chi connectivity index (χ3v) is 7.50. The first kappa shape index (κ1) is 18.0. The van der Waals surface area contributed by atoms with E-state index in [4.69, 9.17) is 9.97 Å². The summed E-state index contributed by atoms with van der Waals surface area (Å²) in [5.41, 5.74) is 5.23. The van der Waals surface area contributed by atoms with Crippen molar-refractivity contribution in [2.45, 2.75) is 38.3 Å². The van der Waals surface area contributed by atoms with Crippen molar-refractivity contribution in [3.05, 3.63) is 58.6 Å². The van der Waals surface area contributed by atoms with Crippen LogP contribution in [-0.4, -0.2) is 51.4 Å². The predicted octanol–water partition coefficient (Wildman–Crippen LogP) is 3.82. The number of hydrogen-bond acceptors (Lipinski definition) is 5. The van der Waals surface area contributed by atoms with Gasteiger partial charge in [-0.3, -0.25) is 4.90 Å². The van der Waals surface area contributed by atoms with Gasteiger partial charge in [-0.1, -0.05) is 24.3 Å². The first-order valence-electron chi connectivity index (χ1n) is 10.1. The summed E-state index contributed by atoms with van der Waals surface area (Å²) in [6, 6.07) is 8.52. The van der Waals surface area contributed by atoms with Gasteiger partial charge in [0.2, 0.25) is 0 Å². The van der Waals surface area contributed by atoms with Gasteiger partial charge in [0.25, 0.3) is 0 Å². The Balaban J connectivity index is 1.44. The Kier molecular flexibility index (Phi) is 4.57. The summed E-state index contributed by atoms with van der Waals surface area (Å²) in [5, 5.41) is 1.13. The number of benzene rings is 1. The van der Waals surface area contributed by atoms with E-state index in [0.717, 1.165) is 50.4 Å². The molecule has 1 fully saturated rings. The lowest BCUT2D eigenvalue weighted by Crippen LogP contribution is -2.55. The standard InChI is InChI=1S/C22H27N5S/c1-16-5-3-4-6-18(16)21-23-13-17(28-21)14-27-10-7-19-20(25-15-24-19)22(27)8-11-26(2)12-9-22/h3-6,13,15H,7-12,14H2,1-2H3,(H,24,25). The first-order chi connectivity index (χ1) is 13.7. The Morgan fingerprint density at radius 2 is 1.96 bits per heavy atom. The minimum absolute atomic E-state index is 0.0624. The van der Waals surface area contributed by atoms with E-state index in [2.05, 4.69) is 59.2 Å². The van der Waals surface area contributed by atoms with Crippen LogP contribution in [0.2, 0.25) is 0 Å². The zero-order valence-corrected chi connectivity index (χ0v) is 17.4. The molecule has 5 rings (SSSR count). The molecule has 0 atom stereocenters. The molecular formula is C22H27N5S. The van der Waals surface area contributed by atoms with Gasteiger partial charge in [0, 0.05) is 41.8 Å². The third-order valence-electron chi connectivity index (χ3n) is 6.49. The van der Waals surface area contributed by atoms with Crippen LogP contribution in [0.4, 0.5) is 0 Å². The predicted molar refractivity (Wildman–Crippen MR) is 113 cm³/mol. The average molecular weight is 394 g/mol. The van der Waals surface area contributed by atoms with Crippen molar-refractivity contribution in [1.29, 1.82) is 0 Å². The van der Waals surface area contributed by atoms with Crippen LogP contribution in [0, 0.1) is 6.92 Å². The second kappa shape index (κ2) is 7.10. The summed E-state index contributed by atoms with van der Waals surface area (Å²) < 4.78 is 0. The van der Waals surface area contributed by atoms with E-state index in [0.29, 0.717) is 0 Å². The molecule has 0 unspecified atom stereocenters. The fraction of sp³-hybridized carbons (Fsp3) is 0.455. The maximum absolute atomic E-state index is 4.79. The Labute approximate surface area is 170 Å². The SMILES string of the molecule is Cc1ccccc1-c1ncc(CN2CCc3[nH]cnc3C23CCN(C)CC3)s1. The lowest BCUT2D eigenvalue weighted by Gasteiger charge is -2.50. The number of thiazole rings is 1. The Morgan fingerprint density at radius 3 is 2.79 bits per heavy atom. The van der Waals surface area contributed by atoms with Gasteiger partial charge in [-0.05, 0) is 45.5 Å². The van der Waals surface area contributed by atoms with E-state index >= 15 is 0 Å². The number of aromatic nitrogens is 3. The van der Waals surface area contributed by atoms with Gasteiger partial charge in [0.05, 0.1) is 17.6 Å². The summed E-state index contributed by atoms with van der Waals surface area (Å²) in [4.78, 5) is 19.4. The number of rotatable bonds is 3. The number of imidazole rings is 1. The molecule has 28 heavy (non-hydrogen) atoms. The fourth-order valence-electron chi connectivity index (χ4n) is 4.80. The van der Waals surface area contributed by atoms with Crippen molar-refractivity contribution in [2.24, 2.45) is 0 Å². The van der Waals surface area contributed by atoms with Gasteiger partial charge in [-0.15, -0.1) is 11.3 Å². The molecule has 0 aliphatic carbocycles. The van der Waals surface area contributed by atoms with E-state index in [1.165, 1.54) is 27.4 Å². The summed E-state index contributed by atoms with van der Waals surface area (Å²) in [7, 11) is 2.23. The van der Waals surface area contributed by atoms with Crippen LogP contribution in [0.3, 0.4) is 0 Å². The summed E-state index contributed by atoms with van der Waals surface area (Å²) in [6.07, 6.45) is 7.30. The van der Waals surface area contributed by atoms with E-state index in [1.807, 2.05) is 17.7 Å². The molecule has 6 heteroatoms. The molecule has 1 aromatic carbocycles. The molecule has 1 N–H and O–H groups in total. The number of nitrogens with zero attached hydrogens (tertiary/aromatic N) is 4. The number of piperidine rings is 1. The fourth-order valence-corrected chi connectivity index (χ4v) is 5.82. The van der Waals surface area contributed by atoms with Crippen LogP contribution < -0.4 is 0 Å². The number of aromatic amines is 1. The molecule has 0 saturated carbocycles. The first-order valence-corrected chi connectivity index (χ1v) is 10.9. The topological polar surface area (TPSA) is 48.1 Å². The monoisotopic (exact) mass is 393 g/mol. The van der Waals surface area contributed by atoms with Crippen LogP contribution in [0.1, 0.15) is 34.7 Å². The molecule has 3 aromatic rings. The van der Waals surface area contributed by atoms with E-state index in [9.17, 15) is 0 Å². The zero-order valence-electron chi connectivity index (χ0n) is 16.6. The lowest BCUT2D eigenvalue weighted by atomic mass is 9.79. The highest BCUT2D eigenvalue weighted by Crippen LogP contribution is 2.43. The molecule has 1 saturated heterocycles. The van der Waals surface area contributed by atoms with E-state index in [-0.39, 0.29) is 5.54 Å². The highest BCUT2D eigenvalue weighted by molar-refractivity contribution is 7.15. The lowest BCUT2D eigenvalue weighted by molar-refractivity contribution is 0.00618. The van der Waals surface area contributed by atoms with Gasteiger partial charge >= 0.3 is 0 Å². The zero-order chi connectivity index (χ0) is 19.1. The average Bonchev–Trinajstić information content (AvgIpc) is 3.36. The highest BCUT2D eigenvalue weighted by atomic mass is 32.1. The van der Waals surface area contributed by atoms with Gasteiger partial charge in [0.15, 0.2) is 0 Å². The molecule has 2 aliphatic heterocycles. The smallest absolute Gasteiger partial charge is 0.123 e. The molecule has 5 nitrogen and oxygen atoms in total. The van der Waals surface area contributed by atoms with Crippen molar-refractivity contribution in [2.75, 3.05) is 26.7 Å². The molecule has 0 radical (unpaired) electrons. The number of H-pyrrole nitrogens is 1. The molecule has 2 aromatic heterocycles. The molecule has 0 amide bonds. The molecule has 0 bridgehead atoms. The van der Waals surface area contributed by atoms with Crippen molar-refractivity contribution < 1.29 is 0 Å². The largest absolute Gasteiger partial charge is 0.348 e. The van der Waals surface area contributed by atoms with Gasteiger partial charge in [-0.25, -0.2) is 9.97 Å². The second-order valence-electron chi connectivity index (χ2n) is 8.18. The van der Waals surface area contributed by atoms with Crippen LogP contribution in [0.5, 0.6) is 0 Å². The number of nitrogens with one attached hydrogen (secondary N) is 1. The maximum atomic E-state index is 4.79. The Hall–Kier alpha value is -2.02. The molecule has 146 valence electrons. The van der Waals surface area contributed by atoms with Crippen molar-refractivity contribution >= 4 is 11.3 Å². The second-order valence-corrected chi connectivity index (χ2v) is 9.30. The van der Waals surface area contributed by atoms with Crippen molar-refractivity contribution in [3.63, 3.8) is 0 Å². The summed E-state index contributed by atoms with van der Waals surface area (Å²) in [6.45, 7) is 6.45. The highest BCUT2D eigenvalue weighted by Gasteiger charge is 2.46. The summed E-state index contributed by atoms with van der Waals surface area (Å²) >= 11 is 1.83. The van der Waals surface area contributed by atoms with Gasteiger partial charge < -0.3 is 9.88 Å². The quantitative estimate of drug-likeness (QED) is 0.735. The molecule has 2 aliphatic rings. The normalized spacial score (nSPS) is 19.8. The van der Waals surface area contributed by atoms with Crippen molar-refractivity contribution in [1.82, 2.24) is 24.8 Å². The van der Waals surface area contributed by atoms with Crippen LogP contribution in [-0.2, 0) is 18.5 Å². The third kappa shape index (κ3) is 3.00. The van der Waals surface area contributed by atoms with Gasteiger partial charge in [-0.2, -0.15) is 0 Å². The van der Waals surface area contributed by atoms with Crippen LogP contribution in [0.15, 0.2) is 36.8 Å². The van der Waals surface area contributed by atoms with E-state index < -0.39 is 0 Å². The molecule has 1 spiro atoms. The molecule has 4 heterocycles. The molecular weight excluding hydrogens is 366 g/mol. The van der Waals surface area contributed by atoms with Gasteiger partial charge in [0.1, 0.15) is 5.01 Å². The van der Waals surface area contributed by atoms with Crippen LogP contribution in [0.25, 0.3) is 10.6 Å². The number of likely N-dealkylation sites (tertiary alicyclic amines) is 1. The Bertz CT molecular complexity index is 967. The van der Waals surface area contributed by atoms with Crippen molar-refractivity contribution in [3.8, 4) is 10.6 Å². The Morgan fingerprint density at radius 1 is 1.14 bits per heavy atom.